The Bertz CT molecular complexity index is 231. The first-order valence-corrected chi connectivity index (χ1v) is 4.62. The van der Waals surface area contributed by atoms with Crippen LogP contribution in [-0.4, -0.2) is 30.7 Å². The maximum Gasteiger partial charge on any atom is 0.405 e. The number of nitrogens with zero attached hydrogens (tertiary/aromatic N) is 2. The van der Waals surface area contributed by atoms with Gasteiger partial charge in [0.25, 0.3) is 0 Å². The van der Waals surface area contributed by atoms with Gasteiger partial charge in [-0.3, -0.25) is 0 Å². The number of nitriles is 1. The zero-order chi connectivity index (χ0) is 10.8. The molecule has 0 aromatic carbocycles. The maximum atomic E-state index is 12.2. The van der Waals surface area contributed by atoms with Crippen LogP contribution < -0.4 is 0 Å². The highest BCUT2D eigenvalue weighted by Gasteiger charge is 2.41. The van der Waals surface area contributed by atoms with Gasteiger partial charge in [-0.15, -0.1) is 0 Å². The predicted molar refractivity (Wildman–Crippen MR) is 45.4 cm³/mol. The number of hydrogen-bond acceptors (Lipinski definition) is 2. The van der Waals surface area contributed by atoms with E-state index >= 15 is 0 Å². The molecule has 0 spiro atoms. The summed E-state index contributed by atoms with van der Waals surface area (Å²) in [6, 6.07) is 1.32. The summed E-state index contributed by atoms with van der Waals surface area (Å²) in [5.41, 5.74) is 0. The minimum absolute atomic E-state index is 0.176. The molecule has 1 saturated heterocycles. The SMILES string of the molecule is CC1CCN(CC(C#N)C(F)(F)F)C1. The fourth-order valence-electron chi connectivity index (χ4n) is 1.67. The number of hydrogen-bond donors (Lipinski definition) is 0. The van der Waals surface area contributed by atoms with Gasteiger partial charge in [-0.05, 0) is 18.9 Å². The minimum atomic E-state index is -4.39. The van der Waals surface area contributed by atoms with E-state index in [-0.39, 0.29) is 6.54 Å². The molecule has 0 aromatic heterocycles. The molecule has 2 atom stereocenters. The Labute approximate surface area is 81.3 Å². The Hall–Kier alpha value is -0.760. The van der Waals surface area contributed by atoms with Gasteiger partial charge in [-0.2, -0.15) is 18.4 Å². The lowest BCUT2D eigenvalue weighted by Gasteiger charge is -2.20. The van der Waals surface area contributed by atoms with Crippen molar-refractivity contribution in [3.63, 3.8) is 0 Å². The highest BCUT2D eigenvalue weighted by Crippen LogP contribution is 2.28. The van der Waals surface area contributed by atoms with E-state index in [1.165, 1.54) is 6.07 Å². The van der Waals surface area contributed by atoms with Crippen LogP contribution in [0.1, 0.15) is 13.3 Å². The standard InChI is InChI=1S/C9H13F3N2/c1-7-2-3-14(5-7)6-8(4-13)9(10,11)12/h7-8H,2-3,5-6H2,1H3. The Kier molecular flexibility index (Phi) is 3.38. The van der Waals surface area contributed by atoms with Crippen molar-refractivity contribution in [3.05, 3.63) is 0 Å². The monoisotopic (exact) mass is 206 g/mol. The van der Waals surface area contributed by atoms with Crippen molar-refractivity contribution in [2.75, 3.05) is 19.6 Å². The quantitative estimate of drug-likeness (QED) is 0.691. The first-order chi connectivity index (χ1) is 6.43. The van der Waals surface area contributed by atoms with Gasteiger partial charge in [0.2, 0.25) is 0 Å². The molecule has 0 radical (unpaired) electrons. The van der Waals surface area contributed by atoms with Crippen molar-refractivity contribution in [2.24, 2.45) is 11.8 Å². The van der Waals surface area contributed by atoms with Crippen LogP contribution in [0.3, 0.4) is 0 Å². The van der Waals surface area contributed by atoms with Gasteiger partial charge in [0.15, 0.2) is 5.92 Å². The molecule has 0 bridgehead atoms. The molecule has 0 saturated carbocycles. The van der Waals surface area contributed by atoms with E-state index in [0.29, 0.717) is 19.0 Å². The molecular formula is C9H13F3N2. The lowest BCUT2D eigenvalue weighted by Crippen LogP contribution is -2.34. The molecule has 2 unspecified atom stereocenters. The van der Waals surface area contributed by atoms with E-state index in [1.807, 2.05) is 6.92 Å². The summed E-state index contributed by atoms with van der Waals surface area (Å²) >= 11 is 0. The van der Waals surface area contributed by atoms with Gasteiger partial charge in [0.1, 0.15) is 0 Å². The molecule has 0 aliphatic carbocycles. The molecule has 0 amide bonds. The summed E-state index contributed by atoms with van der Waals surface area (Å²) < 4.78 is 36.7. The van der Waals surface area contributed by atoms with Crippen LogP contribution >= 0.6 is 0 Å². The zero-order valence-corrected chi connectivity index (χ0v) is 8.01. The smallest absolute Gasteiger partial charge is 0.301 e. The number of rotatable bonds is 2. The van der Waals surface area contributed by atoms with Crippen molar-refractivity contribution < 1.29 is 13.2 Å². The fourth-order valence-corrected chi connectivity index (χ4v) is 1.67. The Morgan fingerprint density at radius 1 is 1.57 bits per heavy atom. The van der Waals surface area contributed by atoms with E-state index in [9.17, 15) is 13.2 Å². The molecule has 1 aliphatic heterocycles. The van der Waals surface area contributed by atoms with Gasteiger partial charge in [0, 0.05) is 13.1 Å². The van der Waals surface area contributed by atoms with Gasteiger partial charge < -0.3 is 4.90 Å². The molecule has 0 N–H and O–H groups in total. The molecule has 0 aromatic rings. The van der Waals surface area contributed by atoms with Crippen molar-refractivity contribution in [1.82, 2.24) is 4.90 Å². The van der Waals surface area contributed by atoms with Gasteiger partial charge in [-0.1, -0.05) is 6.92 Å². The lowest BCUT2D eigenvalue weighted by molar-refractivity contribution is -0.162. The third-order valence-corrected chi connectivity index (χ3v) is 2.50. The molecule has 80 valence electrons. The van der Waals surface area contributed by atoms with Gasteiger partial charge in [0.05, 0.1) is 6.07 Å². The Balaban J connectivity index is 2.46. The fraction of sp³-hybridized carbons (Fsp3) is 0.889. The van der Waals surface area contributed by atoms with Crippen LogP contribution in [0, 0.1) is 23.2 Å². The molecule has 1 rings (SSSR count). The third-order valence-electron chi connectivity index (χ3n) is 2.50. The normalized spacial score (nSPS) is 26.1. The molecule has 2 nitrogen and oxygen atoms in total. The summed E-state index contributed by atoms with van der Waals surface area (Å²) in [6.07, 6.45) is -3.46. The number of alkyl halides is 3. The van der Waals surface area contributed by atoms with Crippen LogP contribution in [0.4, 0.5) is 13.2 Å². The molecule has 5 heteroatoms. The average molecular weight is 206 g/mol. The van der Waals surface area contributed by atoms with Crippen molar-refractivity contribution in [2.45, 2.75) is 19.5 Å². The highest BCUT2D eigenvalue weighted by molar-refractivity contribution is 4.91. The number of likely N-dealkylation sites (tertiary alicyclic amines) is 1. The van der Waals surface area contributed by atoms with Crippen LogP contribution in [0.2, 0.25) is 0 Å². The van der Waals surface area contributed by atoms with Crippen molar-refractivity contribution >= 4 is 0 Å². The average Bonchev–Trinajstić information content (AvgIpc) is 2.45. The third kappa shape index (κ3) is 2.88. The number of halogens is 3. The lowest BCUT2D eigenvalue weighted by atomic mass is 10.1. The van der Waals surface area contributed by atoms with Gasteiger partial charge in [-0.25, -0.2) is 0 Å². The minimum Gasteiger partial charge on any atom is -0.301 e. The van der Waals surface area contributed by atoms with Crippen LogP contribution in [0.15, 0.2) is 0 Å². The summed E-state index contributed by atoms with van der Waals surface area (Å²) in [4.78, 5) is 1.71. The van der Waals surface area contributed by atoms with E-state index in [2.05, 4.69) is 0 Å². The molecule has 1 aliphatic rings. The largest absolute Gasteiger partial charge is 0.405 e. The summed E-state index contributed by atoms with van der Waals surface area (Å²) in [5.74, 6) is -1.39. The summed E-state index contributed by atoms with van der Waals surface area (Å²) in [7, 11) is 0. The first-order valence-electron chi connectivity index (χ1n) is 4.62. The van der Waals surface area contributed by atoms with E-state index in [4.69, 9.17) is 5.26 Å². The topological polar surface area (TPSA) is 27.0 Å². The first kappa shape index (κ1) is 11.3. The zero-order valence-electron chi connectivity index (χ0n) is 8.01. The van der Waals surface area contributed by atoms with Crippen LogP contribution in [0.5, 0.6) is 0 Å². The van der Waals surface area contributed by atoms with Gasteiger partial charge >= 0.3 is 6.18 Å². The van der Waals surface area contributed by atoms with Crippen molar-refractivity contribution in [1.29, 1.82) is 5.26 Å². The van der Waals surface area contributed by atoms with Crippen LogP contribution in [0.25, 0.3) is 0 Å². The maximum absolute atomic E-state index is 12.2. The second-order valence-corrected chi connectivity index (χ2v) is 3.88. The van der Waals surface area contributed by atoms with E-state index < -0.39 is 12.1 Å². The molecule has 14 heavy (non-hydrogen) atoms. The van der Waals surface area contributed by atoms with Crippen LogP contribution in [-0.2, 0) is 0 Å². The summed E-state index contributed by atoms with van der Waals surface area (Å²) in [6.45, 7) is 3.18. The second kappa shape index (κ2) is 4.18. The summed E-state index contributed by atoms with van der Waals surface area (Å²) in [5, 5.41) is 8.39. The molecule has 1 fully saturated rings. The molecular weight excluding hydrogens is 193 g/mol. The Morgan fingerprint density at radius 3 is 2.57 bits per heavy atom. The van der Waals surface area contributed by atoms with Crippen molar-refractivity contribution in [3.8, 4) is 6.07 Å². The predicted octanol–water partition coefficient (Wildman–Crippen LogP) is 2.03. The van der Waals surface area contributed by atoms with E-state index in [1.54, 1.807) is 4.90 Å². The second-order valence-electron chi connectivity index (χ2n) is 3.88. The molecule has 1 heterocycles. The Morgan fingerprint density at radius 2 is 2.21 bits per heavy atom. The van der Waals surface area contributed by atoms with E-state index in [0.717, 1.165) is 6.42 Å². The highest BCUT2D eigenvalue weighted by atomic mass is 19.4.